The lowest BCUT2D eigenvalue weighted by molar-refractivity contribution is 0.0459. The Morgan fingerprint density at radius 1 is 1.52 bits per heavy atom. The van der Waals surface area contributed by atoms with Gasteiger partial charge in [-0.05, 0) is 32.0 Å². The maximum atomic E-state index is 13.1. The molecule has 112 valence electrons. The van der Waals surface area contributed by atoms with Crippen LogP contribution in [0.5, 0.6) is 0 Å². The predicted octanol–water partition coefficient (Wildman–Crippen LogP) is 2.94. The Bertz CT molecular complexity index is 685. The molecule has 2 N–H and O–H groups in total. The van der Waals surface area contributed by atoms with Crippen LogP contribution in [0.3, 0.4) is 0 Å². The van der Waals surface area contributed by atoms with Gasteiger partial charge in [0.2, 0.25) is 0 Å². The molecule has 0 amide bonds. The first-order valence-electron chi connectivity index (χ1n) is 6.38. The quantitative estimate of drug-likeness (QED) is 0.881. The minimum atomic E-state index is -0.615. The Morgan fingerprint density at radius 2 is 2.24 bits per heavy atom. The van der Waals surface area contributed by atoms with Crippen molar-refractivity contribution in [3.63, 3.8) is 0 Å². The van der Waals surface area contributed by atoms with Crippen LogP contribution < -0.4 is 5.73 Å². The van der Waals surface area contributed by atoms with E-state index in [2.05, 4.69) is 5.10 Å². The molecule has 0 aliphatic rings. The summed E-state index contributed by atoms with van der Waals surface area (Å²) in [5.41, 5.74) is 7.27. The molecule has 0 saturated heterocycles. The highest BCUT2D eigenvalue weighted by molar-refractivity contribution is 6.31. The van der Waals surface area contributed by atoms with Gasteiger partial charge in [-0.15, -0.1) is 0 Å². The molecular formula is C14H15ClFN3O2. The number of rotatable bonds is 4. The maximum Gasteiger partial charge on any atom is 0.359 e. The molecule has 21 heavy (non-hydrogen) atoms. The molecule has 5 nitrogen and oxygen atoms in total. The lowest BCUT2D eigenvalue weighted by atomic mass is 10.2. The van der Waals surface area contributed by atoms with Gasteiger partial charge in [0.15, 0.2) is 5.69 Å². The molecule has 0 radical (unpaired) electrons. The second-order valence-corrected chi connectivity index (χ2v) is 4.88. The van der Waals surface area contributed by atoms with Gasteiger partial charge in [-0.3, -0.25) is 4.68 Å². The SMILES string of the molecule is CCn1nc(C)c(N)c1C(=O)OCc1cc(F)ccc1Cl. The van der Waals surface area contributed by atoms with Crippen molar-refractivity contribution in [1.82, 2.24) is 9.78 Å². The van der Waals surface area contributed by atoms with Gasteiger partial charge in [0.25, 0.3) is 0 Å². The van der Waals surface area contributed by atoms with Crippen LogP contribution in [0.15, 0.2) is 18.2 Å². The zero-order valence-electron chi connectivity index (χ0n) is 11.7. The smallest absolute Gasteiger partial charge is 0.359 e. The average Bonchev–Trinajstić information content (AvgIpc) is 2.75. The molecule has 0 bridgehead atoms. The Morgan fingerprint density at radius 3 is 2.90 bits per heavy atom. The van der Waals surface area contributed by atoms with Crippen LogP contribution in [0.1, 0.15) is 28.7 Å². The van der Waals surface area contributed by atoms with E-state index in [0.717, 1.165) is 0 Å². The first-order valence-corrected chi connectivity index (χ1v) is 6.75. The summed E-state index contributed by atoms with van der Waals surface area (Å²) in [4.78, 5) is 12.1. The largest absolute Gasteiger partial charge is 0.456 e. The van der Waals surface area contributed by atoms with E-state index in [9.17, 15) is 9.18 Å². The van der Waals surface area contributed by atoms with Gasteiger partial charge in [-0.2, -0.15) is 5.10 Å². The van der Waals surface area contributed by atoms with Crippen molar-refractivity contribution in [3.05, 3.63) is 46.0 Å². The number of carbonyl (C=O) groups excluding carboxylic acids is 1. The summed E-state index contributed by atoms with van der Waals surface area (Å²) in [6, 6.07) is 3.87. The summed E-state index contributed by atoms with van der Waals surface area (Å²) in [7, 11) is 0. The third-order valence-electron chi connectivity index (χ3n) is 3.03. The summed E-state index contributed by atoms with van der Waals surface area (Å²) in [6.45, 7) is 3.90. The minimum Gasteiger partial charge on any atom is -0.456 e. The molecule has 2 rings (SSSR count). The Labute approximate surface area is 126 Å². The fourth-order valence-electron chi connectivity index (χ4n) is 1.91. The van der Waals surface area contributed by atoms with Crippen LogP contribution >= 0.6 is 11.6 Å². The molecule has 0 atom stereocenters. The highest BCUT2D eigenvalue weighted by Crippen LogP contribution is 2.21. The molecule has 7 heteroatoms. The van der Waals surface area contributed by atoms with Crippen molar-refractivity contribution < 1.29 is 13.9 Å². The van der Waals surface area contributed by atoms with Crippen molar-refractivity contribution in [2.75, 3.05) is 5.73 Å². The number of nitrogens with zero attached hydrogens (tertiary/aromatic N) is 2. The third kappa shape index (κ3) is 3.16. The van der Waals surface area contributed by atoms with Gasteiger partial charge in [-0.1, -0.05) is 11.6 Å². The van der Waals surface area contributed by atoms with Crippen molar-refractivity contribution in [1.29, 1.82) is 0 Å². The number of halogens is 2. The monoisotopic (exact) mass is 311 g/mol. The molecule has 1 heterocycles. The van der Waals surface area contributed by atoms with Crippen molar-refractivity contribution in [3.8, 4) is 0 Å². The number of benzene rings is 1. The molecule has 0 saturated carbocycles. The molecule has 0 aliphatic heterocycles. The van der Waals surface area contributed by atoms with E-state index in [0.29, 0.717) is 22.8 Å². The number of ether oxygens (including phenoxy) is 1. The van der Waals surface area contributed by atoms with Crippen LogP contribution in [0.25, 0.3) is 0 Å². The van der Waals surface area contributed by atoms with Gasteiger partial charge in [0.05, 0.1) is 11.4 Å². The van der Waals surface area contributed by atoms with Gasteiger partial charge in [0.1, 0.15) is 12.4 Å². The van der Waals surface area contributed by atoms with Gasteiger partial charge in [-0.25, -0.2) is 9.18 Å². The number of hydrogen-bond acceptors (Lipinski definition) is 4. The van der Waals surface area contributed by atoms with Crippen LogP contribution in [0.2, 0.25) is 5.02 Å². The summed E-state index contributed by atoms with van der Waals surface area (Å²) >= 11 is 5.92. The number of aryl methyl sites for hydroxylation is 2. The number of nitrogens with two attached hydrogens (primary N) is 1. The number of carbonyl (C=O) groups is 1. The fourth-order valence-corrected chi connectivity index (χ4v) is 2.08. The van der Waals surface area contributed by atoms with E-state index in [1.54, 1.807) is 6.92 Å². The summed E-state index contributed by atoms with van der Waals surface area (Å²) < 4.78 is 19.8. The Balaban J connectivity index is 2.17. The standard InChI is InChI=1S/C14H15ClFN3O2/c1-3-19-13(12(17)8(2)18-19)14(20)21-7-9-6-10(16)4-5-11(9)15/h4-6H,3,7,17H2,1-2H3. The van der Waals surface area contributed by atoms with Crippen LogP contribution in [0, 0.1) is 12.7 Å². The third-order valence-corrected chi connectivity index (χ3v) is 3.40. The molecule has 0 aliphatic carbocycles. The average molecular weight is 312 g/mol. The van der Waals surface area contributed by atoms with Gasteiger partial charge >= 0.3 is 5.97 Å². The normalized spacial score (nSPS) is 10.7. The second kappa shape index (κ2) is 6.13. The molecule has 0 unspecified atom stereocenters. The number of hydrogen-bond donors (Lipinski definition) is 1. The molecule has 0 spiro atoms. The number of aromatic nitrogens is 2. The van der Waals surface area contributed by atoms with E-state index in [-0.39, 0.29) is 18.0 Å². The molecule has 2 aromatic rings. The lowest BCUT2D eigenvalue weighted by Gasteiger charge is -2.08. The van der Waals surface area contributed by atoms with E-state index >= 15 is 0 Å². The van der Waals surface area contributed by atoms with Crippen LogP contribution in [-0.2, 0) is 17.9 Å². The highest BCUT2D eigenvalue weighted by atomic mass is 35.5. The van der Waals surface area contributed by atoms with E-state index in [1.807, 2.05) is 6.92 Å². The first kappa shape index (κ1) is 15.3. The number of esters is 1. The number of anilines is 1. The second-order valence-electron chi connectivity index (χ2n) is 4.48. The Kier molecular flexibility index (Phi) is 4.47. The maximum absolute atomic E-state index is 13.1. The summed E-state index contributed by atoms with van der Waals surface area (Å²) in [5, 5.41) is 4.47. The van der Waals surface area contributed by atoms with E-state index in [1.165, 1.54) is 22.9 Å². The summed E-state index contributed by atoms with van der Waals surface area (Å²) in [6.07, 6.45) is 0. The molecule has 1 aromatic heterocycles. The predicted molar refractivity (Wildman–Crippen MR) is 77.6 cm³/mol. The zero-order valence-corrected chi connectivity index (χ0v) is 12.4. The van der Waals surface area contributed by atoms with Crippen LogP contribution in [-0.4, -0.2) is 15.7 Å². The van der Waals surface area contributed by atoms with Gasteiger partial charge < -0.3 is 10.5 Å². The highest BCUT2D eigenvalue weighted by Gasteiger charge is 2.20. The first-order chi connectivity index (χ1) is 9.93. The van der Waals surface area contributed by atoms with E-state index in [4.69, 9.17) is 22.1 Å². The van der Waals surface area contributed by atoms with Crippen LogP contribution in [0.4, 0.5) is 10.1 Å². The number of nitrogen functional groups attached to an aromatic ring is 1. The van der Waals surface area contributed by atoms with Crippen molar-refractivity contribution >= 4 is 23.3 Å². The molecule has 0 fully saturated rings. The Hall–Kier alpha value is -2.08. The molecule has 1 aromatic carbocycles. The topological polar surface area (TPSA) is 70.1 Å². The van der Waals surface area contributed by atoms with Crippen molar-refractivity contribution in [2.24, 2.45) is 0 Å². The summed E-state index contributed by atoms with van der Waals surface area (Å²) in [5.74, 6) is -1.06. The van der Waals surface area contributed by atoms with E-state index < -0.39 is 11.8 Å². The van der Waals surface area contributed by atoms with Gasteiger partial charge in [0, 0.05) is 17.1 Å². The fraction of sp³-hybridized carbons (Fsp3) is 0.286. The minimum absolute atomic E-state index is 0.136. The van der Waals surface area contributed by atoms with Crippen molar-refractivity contribution in [2.45, 2.75) is 27.0 Å². The zero-order chi connectivity index (χ0) is 15.6. The molecular weight excluding hydrogens is 297 g/mol. The lowest BCUT2D eigenvalue weighted by Crippen LogP contribution is -2.14.